The number of nitrogens with zero attached hydrogens (tertiary/aromatic N) is 1. The van der Waals surface area contributed by atoms with Crippen molar-refractivity contribution in [1.29, 1.82) is 0 Å². The van der Waals surface area contributed by atoms with Gasteiger partial charge < -0.3 is 14.6 Å². The van der Waals surface area contributed by atoms with Crippen molar-refractivity contribution in [2.24, 2.45) is 0 Å². The van der Waals surface area contributed by atoms with Crippen molar-refractivity contribution in [3.63, 3.8) is 0 Å². The van der Waals surface area contributed by atoms with E-state index in [9.17, 15) is 14.0 Å². The summed E-state index contributed by atoms with van der Waals surface area (Å²) in [6.45, 7) is -0.0797. The Bertz CT molecular complexity index is 936. The molecule has 0 atom stereocenters. The topological polar surface area (TPSA) is 62.6 Å². The molecule has 0 aliphatic heterocycles. The summed E-state index contributed by atoms with van der Waals surface area (Å²) < 4.78 is 18.7. The molecule has 2 aromatic carbocycles. The first-order valence-corrected chi connectivity index (χ1v) is 8.95. The average Bonchev–Trinajstić information content (AvgIpc) is 3.17. The lowest BCUT2D eigenvalue weighted by atomic mass is 10.2. The lowest BCUT2D eigenvalue weighted by molar-refractivity contribution is -0.133. The molecule has 0 saturated carbocycles. The van der Waals surface area contributed by atoms with Gasteiger partial charge >= 0.3 is 0 Å². The van der Waals surface area contributed by atoms with Gasteiger partial charge in [0.2, 0.25) is 11.8 Å². The van der Waals surface area contributed by atoms with E-state index in [1.165, 1.54) is 29.2 Å². The third-order valence-corrected chi connectivity index (χ3v) is 4.24. The number of hydrogen-bond acceptors (Lipinski definition) is 3. The standard InChI is InChI=1S/C22H21FN2O3/c1-25(15-21(26)24-18-9-7-17(23)8-10-18)22(27)14-12-19-11-13-20(28-19)16-5-3-2-4-6-16/h2-11,13H,12,14-15H2,1H3,(H,24,26). The number of anilines is 1. The average molecular weight is 380 g/mol. The van der Waals surface area contributed by atoms with Gasteiger partial charge in [0.05, 0.1) is 6.54 Å². The van der Waals surface area contributed by atoms with Crippen LogP contribution in [0, 0.1) is 5.82 Å². The predicted octanol–water partition coefficient (Wildman–Crippen LogP) is 4.12. The molecule has 0 bridgehead atoms. The Morgan fingerprint density at radius 1 is 1.00 bits per heavy atom. The molecule has 0 aliphatic rings. The van der Waals surface area contributed by atoms with Crippen LogP contribution in [0.15, 0.2) is 71.1 Å². The lowest BCUT2D eigenvalue weighted by Crippen LogP contribution is -2.35. The monoisotopic (exact) mass is 380 g/mol. The summed E-state index contributed by atoms with van der Waals surface area (Å²) in [4.78, 5) is 25.7. The number of hydrogen-bond donors (Lipinski definition) is 1. The first-order valence-electron chi connectivity index (χ1n) is 8.95. The number of nitrogens with one attached hydrogen (secondary N) is 1. The van der Waals surface area contributed by atoms with Gasteiger partial charge in [-0.15, -0.1) is 0 Å². The van der Waals surface area contributed by atoms with E-state index in [1.54, 1.807) is 7.05 Å². The molecular formula is C22H21FN2O3. The Labute approximate surface area is 162 Å². The summed E-state index contributed by atoms with van der Waals surface area (Å²) in [6.07, 6.45) is 0.692. The van der Waals surface area contributed by atoms with Gasteiger partial charge in [0, 0.05) is 31.1 Å². The molecule has 1 aromatic heterocycles. The molecule has 1 N–H and O–H groups in total. The van der Waals surface area contributed by atoms with Gasteiger partial charge in [-0.3, -0.25) is 9.59 Å². The fraction of sp³-hybridized carbons (Fsp3) is 0.182. The summed E-state index contributed by atoms with van der Waals surface area (Å²) in [6, 6.07) is 18.9. The van der Waals surface area contributed by atoms with E-state index in [2.05, 4.69) is 5.32 Å². The highest BCUT2D eigenvalue weighted by Crippen LogP contribution is 2.22. The molecule has 3 rings (SSSR count). The normalized spacial score (nSPS) is 10.5. The van der Waals surface area contributed by atoms with Crippen LogP contribution >= 0.6 is 0 Å². The number of halogens is 1. The number of carbonyl (C=O) groups excluding carboxylic acids is 2. The van der Waals surface area contributed by atoms with E-state index in [4.69, 9.17) is 4.42 Å². The maximum absolute atomic E-state index is 12.9. The van der Waals surface area contributed by atoms with Crippen LogP contribution in [0.3, 0.4) is 0 Å². The van der Waals surface area contributed by atoms with Crippen molar-refractivity contribution in [2.75, 3.05) is 18.9 Å². The van der Waals surface area contributed by atoms with Crippen molar-refractivity contribution in [2.45, 2.75) is 12.8 Å². The quantitative estimate of drug-likeness (QED) is 0.671. The first-order chi connectivity index (χ1) is 13.5. The van der Waals surface area contributed by atoms with Crippen molar-refractivity contribution >= 4 is 17.5 Å². The van der Waals surface area contributed by atoms with Crippen LogP contribution in [0.25, 0.3) is 11.3 Å². The van der Waals surface area contributed by atoms with Crippen LogP contribution in [0.5, 0.6) is 0 Å². The number of benzene rings is 2. The Balaban J connectivity index is 1.47. The molecule has 2 amide bonds. The Morgan fingerprint density at radius 2 is 1.71 bits per heavy atom. The van der Waals surface area contributed by atoms with Gasteiger partial charge in [-0.25, -0.2) is 4.39 Å². The number of furan rings is 1. The fourth-order valence-corrected chi connectivity index (χ4v) is 2.73. The Kier molecular flexibility index (Phi) is 6.22. The van der Waals surface area contributed by atoms with Crippen LogP contribution in [0.4, 0.5) is 10.1 Å². The van der Waals surface area contributed by atoms with E-state index in [0.29, 0.717) is 12.1 Å². The second kappa shape index (κ2) is 8.99. The molecule has 0 fully saturated rings. The number of aryl methyl sites for hydroxylation is 1. The van der Waals surface area contributed by atoms with Crippen molar-refractivity contribution in [3.05, 3.63) is 78.3 Å². The zero-order valence-corrected chi connectivity index (χ0v) is 15.5. The lowest BCUT2D eigenvalue weighted by Gasteiger charge is -2.16. The highest BCUT2D eigenvalue weighted by Gasteiger charge is 2.14. The van der Waals surface area contributed by atoms with Crippen LogP contribution in [-0.4, -0.2) is 30.3 Å². The molecule has 3 aromatic rings. The van der Waals surface area contributed by atoms with E-state index in [-0.39, 0.29) is 30.6 Å². The number of carbonyl (C=O) groups is 2. The van der Waals surface area contributed by atoms with E-state index in [0.717, 1.165) is 17.1 Å². The fourth-order valence-electron chi connectivity index (χ4n) is 2.73. The van der Waals surface area contributed by atoms with Crippen LogP contribution in [0.2, 0.25) is 0 Å². The highest BCUT2D eigenvalue weighted by molar-refractivity contribution is 5.94. The second-order valence-corrected chi connectivity index (χ2v) is 6.44. The third-order valence-electron chi connectivity index (χ3n) is 4.24. The van der Waals surface area contributed by atoms with E-state index in [1.807, 2.05) is 42.5 Å². The molecule has 0 saturated heterocycles. The van der Waals surface area contributed by atoms with Gasteiger partial charge in [0.25, 0.3) is 0 Å². The molecule has 28 heavy (non-hydrogen) atoms. The number of rotatable bonds is 7. The molecule has 5 nitrogen and oxygen atoms in total. The van der Waals surface area contributed by atoms with Gasteiger partial charge in [0.1, 0.15) is 17.3 Å². The first kappa shape index (κ1) is 19.4. The third kappa shape index (κ3) is 5.30. The molecular weight excluding hydrogens is 359 g/mol. The van der Waals surface area contributed by atoms with Gasteiger partial charge in [-0.05, 0) is 36.4 Å². The zero-order valence-electron chi connectivity index (χ0n) is 15.5. The minimum atomic E-state index is -0.376. The summed E-state index contributed by atoms with van der Waals surface area (Å²) >= 11 is 0. The summed E-state index contributed by atoms with van der Waals surface area (Å²) in [5, 5.41) is 2.63. The van der Waals surface area contributed by atoms with Crippen LogP contribution < -0.4 is 5.32 Å². The molecule has 0 radical (unpaired) electrons. The van der Waals surface area contributed by atoms with Gasteiger partial charge in [-0.1, -0.05) is 30.3 Å². The summed E-state index contributed by atoms with van der Waals surface area (Å²) in [5.74, 6) is 0.601. The van der Waals surface area contributed by atoms with Crippen LogP contribution in [-0.2, 0) is 16.0 Å². The second-order valence-electron chi connectivity index (χ2n) is 6.44. The summed E-state index contributed by atoms with van der Waals surface area (Å²) in [7, 11) is 1.57. The predicted molar refractivity (Wildman–Crippen MR) is 105 cm³/mol. The minimum Gasteiger partial charge on any atom is -0.461 e. The van der Waals surface area contributed by atoms with Crippen molar-refractivity contribution < 1.29 is 18.4 Å². The van der Waals surface area contributed by atoms with Crippen molar-refractivity contribution in [3.8, 4) is 11.3 Å². The highest BCUT2D eigenvalue weighted by atomic mass is 19.1. The SMILES string of the molecule is CN(CC(=O)Nc1ccc(F)cc1)C(=O)CCc1ccc(-c2ccccc2)o1. The molecule has 0 spiro atoms. The zero-order chi connectivity index (χ0) is 19.9. The minimum absolute atomic E-state index is 0.0797. The molecule has 144 valence electrons. The Hall–Kier alpha value is -3.41. The van der Waals surface area contributed by atoms with E-state index >= 15 is 0 Å². The maximum atomic E-state index is 12.9. The van der Waals surface area contributed by atoms with Crippen LogP contribution in [0.1, 0.15) is 12.2 Å². The van der Waals surface area contributed by atoms with Crippen molar-refractivity contribution in [1.82, 2.24) is 4.90 Å². The molecule has 6 heteroatoms. The largest absolute Gasteiger partial charge is 0.461 e. The molecule has 0 unspecified atom stereocenters. The smallest absolute Gasteiger partial charge is 0.243 e. The number of amides is 2. The maximum Gasteiger partial charge on any atom is 0.243 e. The molecule has 0 aliphatic carbocycles. The van der Waals surface area contributed by atoms with Gasteiger partial charge in [-0.2, -0.15) is 0 Å². The molecule has 1 heterocycles. The number of likely N-dealkylation sites (N-methyl/N-ethyl adjacent to an activating group) is 1. The van der Waals surface area contributed by atoms with Gasteiger partial charge in [0.15, 0.2) is 0 Å². The Morgan fingerprint density at radius 3 is 2.43 bits per heavy atom. The summed E-state index contributed by atoms with van der Waals surface area (Å²) in [5.41, 5.74) is 1.46. The van der Waals surface area contributed by atoms with E-state index < -0.39 is 0 Å².